The largest absolute Gasteiger partial charge is 0.365 e. The number of nitrogens with one attached hydrogen (secondary N) is 1. The van der Waals surface area contributed by atoms with Crippen molar-refractivity contribution in [1.82, 2.24) is 9.97 Å². The summed E-state index contributed by atoms with van der Waals surface area (Å²) < 4.78 is 0. The number of fused-ring (bicyclic) bond motifs is 1. The van der Waals surface area contributed by atoms with Crippen molar-refractivity contribution in [2.75, 3.05) is 0 Å². The van der Waals surface area contributed by atoms with E-state index in [0.717, 1.165) is 5.52 Å². The fourth-order valence-corrected chi connectivity index (χ4v) is 1.14. The zero-order valence-corrected chi connectivity index (χ0v) is 7.47. The number of nitrogens with two attached hydrogens (primary N) is 1. The van der Waals surface area contributed by atoms with Crippen molar-refractivity contribution < 1.29 is 4.79 Å². The van der Waals surface area contributed by atoms with Crippen LogP contribution >= 0.6 is 12.4 Å². The first-order valence-electron chi connectivity index (χ1n) is 3.51. The molecule has 0 spiro atoms. The molecule has 0 aromatic carbocycles. The molecule has 0 aliphatic rings. The molecule has 0 saturated heterocycles. The number of H-pyrrole nitrogens is 1. The summed E-state index contributed by atoms with van der Waals surface area (Å²) in [5.74, 6) is -0.458. The maximum atomic E-state index is 10.8. The van der Waals surface area contributed by atoms with Crippen LogP contribution in [0.4, 0.5) is 0 Å². The molecule has 0 fully saturated rings. The van der Waals surface area contributed by atoms with Crippen LogP contribution in [0.15, 0.2) is 24.5 Å². The highest BCUT2D eigenvalue weighted by Gasteiger charge is 2.07. The number of rotatable bonds is 1. The van der Waals surface area contributed by atoms with Gasteiger partial charge in [0, 0.05) is 12.4 Å². The lowest BCUT2D eigenvalue weighted by Gasteiger charge is -1.89. The lowest BCUT2D eigenvalue weighted by molar-refractivity contribution is 0.100. The highest BCUT2D eigenvalue weighted by molar-refractivity contribution is 6.04. The Balaban J connectivity index is 0.000000845. The lowest BCUT2D eigenvalue weighted by Crippen LogP contribution is -2.10. The van der Waals surface area contributed by atoms with E-state index >= 15 is 0 Å². The number of hydrogen-bond acceptors (Lipinski definition) is 2. The van der Waals surface area contributed by atoms with Crippen molar-refractivity contribution in [3.8, 4) is 0 Å². The number of amides is 1. The predicted molar refractivity (Wildman–Crippen MR) is 51.9 cm³/mol. The SMILES string of the molecule is Cl.NC(=O)c1c[nH]c2cccnc12. The van der Waals surface area contributed by atoms with Crippen LogP contribution in [0.1, 0.15) is 10.4 Å². The second-order valence-electron chi connectivity index (χ2n) is 2.47. The highest BCUT2D eigenvalue weighted by atomic mass is 35.5. The Morgan fingerprint density at radius 1 is 1.54 bits per heavy atom. The smallest absolute Gasteiger partial charge is 0.252 e. The normalized spacial score (nSPS) is 9.54. The lowest BCUT2D eigenvalue weighted by atomic mass is 10.2. The van der Waals surface area contributed by atoms with Gasteiger partial charge in [0.15, 0.2) is 0 Å². The van der Waals surface area contributed by atoms with Crippen molar-refractivity contribution in [3.63, 3.8) is 0 Å². The van der Waals surface area contributed by atoms with Crippen LogP contribution in [0.3, 0.4) is 0 Å². The van der Waals surface area contributed by atoms with Gasteiger partial charge in [-0.3, -0.25) is 9.78 Å². The number of pyridine rings is 1. The van der Waals surface area contributed by atoms with Gasteiger partial charge in [0.25, 0.3) is 5.91 Å². The molecule has 2 aromatic heterocycles. The number of aromatic amines is 1. The van der Waals surface area contributed by atoms with E-state index in [1.165, 1.54) is 0 Å². The number of carbonyl (C=O) groups is 1. The minimum atomic E-state index is -0.458. The summed E-state index contributed by atoms with van der Waals surface area (Å²) in [5.41, 5.74) is 7.02. The molecule has 2 heterocycles. The van der Waals surface area contributed by atoms with E-state index in [1.807, 2.05) is 6.07 Å². The molecule has 0 unspecified atom stereocenters. The third-order valence-electron chi connectivity index (χ3n) is 1.70. The Labute approximate surface area is 80.6 Å². The van der Waals surface area contributed by atoms with Crippen LogP contribution in [-0.4, -0.2) is 15.9 Å². The maximum absolute atomic E-state index is 10.8. The molecule has 3 N–H and O–H groups in total. The summed E-state index contributed by atoms with van der Waals surface area (Å²) in [6.07, 6.45) is 3.20. The van der Waals surface area contributed by atoms with Gasteiger partial charge in [0.2, 0.25) is 0 Å². The van der Waals surface area contributed by atoms with Gasteiger partial charge in [0.05, 0.1) is 11.1 Å². The average Bonchev–Trinajstić information content (AvgIpc) is 2.47. The molecular formula is C8H8ClN3O. The molecule has 0 atom stereocenters. The molecule has 0 aliphatic carbocycles. The first kappa shape index (κ1) is 9.54. The second-order valence-corrected chi connectivity index (χ2v) is 2.47. The van der Waals surface area contributed by atoms with Crippen molar-refractivity contribution in [2.24, 2.45) is 5.73 Å². The number of primary amides is 1. The molecular weight excluding hydrogens is 190 g/mol. The molecule has 2 aromatic rings. The van der Waals surface area contributed by atoms with Crippen LogP contribution in [0.25, 0.3) is 11.0 Å². The summed E-state index contributed by atoms with van der Waals surface area (Å²) in [6, 6.07) is 3.64. The van der Waals surface area contributed by atoms with Crippen LogP contribution in [0.5, 0.6) is 0 Å². The monoisotopic (exact) mass is 197 g/mol. The molecule has 68 valence electrons. The standard InChI is InChI=1S/C8H7N3O.ClH/c9-8(12)5-4-11-6-2-1-3-10-7(5)6;/h1-4,11H,(H2,9,12);1H. The third-order valence-corrected chi connectivity index (χ3v) is 1.70. The van der Waals surface area contributed by atoms with Crippen LogP contribution in [-0.2, 0) is 0 Å². The van der Waals surface area contributed by atoms with Gasteiger partial charge in [-0.15, -0.1) is 12.4 Å². The Morgan fingerprint density at radius 2 is 2.31 bits per heavy atom. The van der Waals surface area contributed by atoms with Crippen molar-refractivity contribution in [2.45, 2.75) is 0 Å². The minimum Gasteiger partial charge on any atom is -0.365 e. The van der Waals surface area contributed by atoms with E-state index < -0.39 is 5.91 Å². The minimum absolute atomic E-state index is 0. The average molecular weight is 198 g/mol. The van der Waals surface area contributed by atoms with E-state index in [1.54, 1.807) is 18.5 Å². The highest BCUT2D eigenvalue weighted by Crippen LogP contribution is 2.13. The molecule has 13 heavy (non-hydrogen) atoms. The molecule has 1 amide bonds. The summed E-state index contributed by atoms with van der Waals surface area (Å²) in [5, 5.41) is 0. The molecule has 0 aliphatic heterocycles. The van der Waals surface area contributed by atoms with Gasteiger partial charge < -0.3 is 10.7 Å². The second kappa shape index (κ2) is 3.45. The first-order valence-corrected chi connectivity index (χ1v) is 3.51. The summed E-state index contributed by atoms with van der Waals surface area (Å²) in [7, 11) is 0. The molecule has 2 rings (SSSR count). The number of hydrogen-bond donors (Lipinski definition) is 2. The van der Waals surface area contributed by atoms with Gasteiger partial charge in [0.1, 0.15) is 5.52 Å². The number of halogens is 1. The predicted octanol–water partition coefficient (Wildman–Crippen LogP) is 1.08. The summed E-state index contributed by atoms with van der Waals surface area (Å²) in [6.45, 7) is 0. The van der Waals surface area contributed by atoms with E-state index in [4.69, 9.17) is 5.73 Å². The van der Waals surface area contributed by atoms with E-state index in [-0.39, 0.29) is 12.4 Å². The number of aromatic nitrogens is 2. The molecule has 0 saturated carbocycles. The van der Waals surface area contributed by atoms with Crippen LogP contribution < -0.4 is 5.73 Å². The Hall–Kier alpha value is -1.55. The zero-order valence-electron chi connectivity index (χ0n) is 6.65. The fourth-order valence-electron chi connectivity index (χ4n) is 1.14. The summed E-state index contributed by atoms with van der Waals surface area (Å²) >= 11 is 0. The molecule has 5 heteroatoms. The van der Waals surface area contributed by atoms with E-state index in [2.05, 4.69) is 9.97 Å². The fraction of sp³-hybridized carbons (Fsp3) is 0. The van der Waals surface area contributed by atoms with Crippen LogP contribution in [0, 0.1) is 0 Å². The Morgan fingerprint density at radius 3 is 3.00 bits per heavy atom. The quantitative estimate of drug-likeness (QED) is 0.718. The van der Waals surface area contributed by atoms with E-state index in [9.17, 15) is 4.79 Å². The van der Waals surface area contributed by atoms with Gasteiger partial charge in [-0.25, -0.2) is 0 Å². The van der Waals surface area contributed by atoms with Gasteiger partial charge in [-0.2, -0.15) is 0 Å². The number of carbonyl (C=O) groups excluding carboxylic acids is 1. The third kappa shape index (κ3) is 1.48. The molecule has 0 radical (unpaired) electrons. The summed E-state index contributed by atoms with van der Waals surface area (Å²) in [4.78, 5) is 17.8. The van der Waals surface area contributed by atoms with Crippen molar-refractivity contribution in [1.29, 1.82) is 0 Å². The molecule has 0 bridgehead atoms. The Kier molecular flexibility index (Phi) is 2.53. The van der Waals surface area contributed by atoms with Gasteiger partial charge >= 0.3 is 0 Å². The topological polar surface area (TPSA) is 71.8 Å². The van der Waals surface area contributed by atoms with Crippen molar-refractivity contribution in [3.05, 3.63) is 30.1 Å². The Bertz CT molecular complexity index is 438. The van der Waals surface area contributed by atoms with Gasteiger partial charge in [-0.1, -0.05) is 0 Å². The number of nitrogens with zero attached hydrogens (tertiary/aromatic N) is 1. The zero-order chi connectivity index (χ0) is 8.55. The van der Waals surface area contributed by atoms with Gasteiger partial charge in [-0.05, 0) is 12.1 Å². The first-order chi connectivity index (χ1) is 5.79. The van der Waals surface area contributed by atoms with Crippen LogP contribution in [0.2, 0.25) is 0 Å². The van der Waals surface area contributed by atoms with E-state index in [0.29, 0.717) is 11.1 Å². The molecule has 4 nitrogen and oxygen atoms in total. The maximum Gasteiger partial charge on any atom is 0.252 e. The van der Waals surface area contributed by atoms with Crippen molar-refractivity contribution >= 4 is 29.3 Å².